The molecule has 1 heterocycles. The van der Waals surface area contributed by atoms with Gasteiger partial charge in [0.1, 0.15) is 6.61 Å². The van der Waals surface area contributed by atoms with Gasteiger partial charge in [0.15, 0.2) is 0 Å². The molecule has 0 aromatic heterocycles. The van der Waals surface area contributed by atoms with E-state index in [1.54, 1.807) is 0 Å². The fourth-order valence-electron chi connectivity index (χ4n) is 1.62. The molecule has 0 aromatic carbocycles. The van der Waals surface area contributed by atoms with Crippen LogP contribution in [0.1, 0.15) is 19.3 Å². The molecule has 1 unspecified atom stereocenters. The van der Waals surface area contributed by atoms with E-state index in [-0.39, 0.29) is 0 Å². The summed E-state index contributed by atoms with van der Waals surface area (Å²) in [7, 11) is 0. The van der Waals surface area contributed by atoms with Gasteiger partial charge < -0.3 is 14.8 Å². The number of hydrogen-bond acceptors (Lipinski definition) is 3. The summed E-state index contributed by atoms with van der Waals surface area (Å²) in [4.78, 5) is 0. The van der Waals surface area contributed by atoms with Crippen molar-refractivity contribution in [2.45, 2.75) is 31.7 Å². The maximum atomic E-state index is 11.7. The minimum absolute atomic E-state index is 0.349. The second kappa shape index (κ2) is 7.96. The second-order valence-corrected chi connectivity index (χ2v) is 3.66. The van der Waals surface area contributed by atoms with Crippen LogP contribution < -0.4 is 5.32 Å². The molecule has 15 heavy (non-hydrogen) atoms. The first kappa shape index (κ1) is 12.8. The number of halogens is 2. The molecule has 1 atom stereocenters. The lowest BCUT2D eigenvalue weighted by molar-refractivity contribution is 0.0181. The first-order chi connectivity index (χ1) is 7.29. The van der Waals surface area contributed by atoms with E-state index in [4.69, 9.17) is 9.47 Å². The Morgan fingerprint density at radius 3 is 3.00 bits per heavy atom. The molecular formula is C10H19F2NO2. The summed E-state index contributed by atoms with van der Waals surface area (Å²) < 4.78 is 33.5. The van der Waals surface area contributed by atoms with Crippen LogP contribution in [0.15, 0.2) is 0 Å². The van der Waals surface area contributed by atoms with E-state index < -0.39 is 13.0 Å². The molecule has 0 saturated carbocycles. The van der Waals surface area contributed by atoms with Crippen molar-refractivity contribution in [2.75, 3.05) is 33.0 Å². The quantitative estimate of drug-likeness (QED) is 0.691. The van der Waals surface area contributed by atoms with Crippen LogP contribution in [0.25, 0.3) is 0 Å². The molecule has 0 aliphatic carbocycles. The van der Waals surface area contributed by atoms with Gasteiger partial charge in [0.25, 0.3) is 6.43 Å². The van der Waals surface area contributed by atoms with Crippen molar-refractivity contribution in [1.82, 2.24) is 5.32 Å². The number of alkyl halides is 2. The lowest BCUT2D eigenvalue weighted by atomic mass is 10.1. The monoisotopic (exact) mass is 223 g/mol. The molecule has 0 aromatic rings. The van der Waals surface area contributed by atoms with Crippen molar-refractivity contribution in [3.63, 3.8) is 0 Å². The van der Waals surface area contributed by atoms with E-state index in [1.807, 2.05) is 0 Å². The van der Waals surface area contributed by atoms with E-state index >= 15 is 0 Å². The summed E-state index contributed by atoms with van der Waals surface area (Å²) in [5.41, 5.74) is 0. The Morgan fingerprint density at radius 2 is 2.20 bits per heavy atom. The smallest absolute Gasteiger partial charge is 0.261 e. The predicted molar refractivity (Wildman–Crippen MR) is 53.3 cm³/mol. The maximum absolute atomic E-state index is 11.7. The third-order valence-electron chi connectivity index (χ3n) is 2.38. The SMILES string of the molecule is FC(F)COCCNC1CCCOCC1. The molecule has 1 rings (SSSR count). The first-order valence-corrected chi connectivity index (χ1v) is 5.46. The van der Waals surface area contributed by atoms with Crippen LogP contribution in [0, 0.1) is 0 Å². The van der Waals surface area contributed by atoms with E-state index in [2.05, 4.69) is 5.32 Å². The molecule has 0 bridgehead atoms. The van der Waals surface area contributed by atoms with Crippen LogP contribution in [0.4, 0.5) is 8.78 Å². The van der Waals surface area contributed by atoms with Crippen molar-refractivity contribution in [1.29, 1.82) is 0 Å². The molecule has 5 heteroatoms. The van der Waals surface area contributed by atoms with Crippen LogP contribution in [0.5, 0.6) is 0 Å². The Hall–Kier alpha value is -0.260. The van der Waals surface area contributed by atoms with Crippen molar-refractivity contribution >= 4 is 0 Å². The highest BCUT2D eigenvalue weighted by Crippen LogP contribution is 2.07. The largest absolute Gasteiger partial charge is 0.381 e. The molecule has 0 spiro atoms. The van der Waals surface area contributed by atoms with Gasteiger partial charge in [-0.05, 0) is 19.3 Å². The Bertz CT molecular complexity index is 150. The predicted octanol–water partition coefficient (Wildman–Crippen LogP) is 1.43. The average molecular weight is 223 g/mol. The Balaban J connectivity index is 1.94. The fourth-order valence-corrected chi connectivity index (χ4v) is 1.62. The lowest BCUT2D eigenvalue weighted by Gasteiger charge is -2.15. The Morgan fingerprint density at radius 1 is 1.33 bits per heavy atom. The summed E-state index contributed by atoms with van der Waals surface area (Å²) in [6.45, 7) is 2.14. The summed E-state index contributed by atoms with van der Waals surface area (Å²) in [5, 5.41) is 3.29. The van der Waals surface area contributed by atoms with Gasteiger partial charge in [0, 0.05) is 25.8 Å². The Kier molecular flexibility index (Phi) is 6.80. The highest BCUT2D eigenvalue weighted by atomic mass is 19.3. The molecule has 1 aliphatic heterocycles. The van der Waals surface area contributed by atoms with Crippen molar-refractivity contribution in [2.24, 2.45) is 0 Å². The first-order valence-electron chi connectivity index (χ1n) is 5.46. The molecule has 1 N–H and O–H groups in total. The van der Waals surface area contributed by atoms with E-state index in [0.29, 0.717) is 19.2 Å². The average Bonchev–Trinajstić information content (AvgIpc) is 2.45. The standard InChI is InChI=1S/C10H19F2NO2/c11-10(12)8-15-7-4-13-9-2-1-5-14-6-3-9/h9-10,13H,1-8H2. The summed E-state index contributed by atoms with van der Waals surface area (Å²) in [5.74, 6) is 0. The van der Waals surface area contributed by atoms with Crippen LogP contribution in [-0.2, 0) is 9.47 Å². The van der Waals surface area contributed by atoms with Crippen molar-refractivity contribution < 1.29 is 18.3 Å². The molecule has 0 radical (unpaired) electrons. The Labute approximate surface area is 89.1 Å². The molecule has 1 fully saturated rings. The van der Waals surface area contributed by atoms with Gasteiger partial charge in [-0.15, -0.1) is 0 Å². The van der Waals surface area contributed by atoms with Gasteiger partial charge in [-0.2, -0.15) is 0 Å². The fraction of sp³-hybridized carbons (Fsp3) is 1.00. The highest BCUT2D eigenvalue weighted by molar-refractivity contribution is 4.68. The molecule has 1 aliphatic rings. The summed E-state index contributed by atoms with van der Waals surface area (Å²) in [6, 6.07) is 0.447. The van der Waals surface area contributed by atoms with E-state index in [0.717, 1.165) is 32.5 Å². The van der Waals surface area contributed by atoms with Crippen LogP contribution in [0.3, 0.4) is 0 Å². The minimum atomic E-state index is -2.36. The van der Waals surface area contributed by atoms with Gasteiger partial charge in [-0.25, -0.2) is 8.78 Å². The topological polar surface area (TPSA) is 30.5 Å². The molecule has 0 amide bonds. The maximum Gasteiger partial charge on any atom is 0.261 e. The number of ether oxygens (including phenoxy) is 2. The summed E-state index contributed by atoms with van der Waals surface area (Å²) in [6.07, 6.45) is 0.787. The zero-order valence-corrected chi connectivity index (χ0v) is 8.88. The van der Waals surface area contributed by atoms with Crippen molar-refractivity contribution in [3.05, 3.63) is 0 Å². The van der Waals surface area contributed by atoms with Gasteiger partial charge >= 0.3 is 0 Å². The van der Waals surface area contributed by atoms with Crippen LogP contribution in [0.2, 0.25) is 0 Å². The minimum Gasteiger partial charge on any atom is -0.381 e. The van der Waals surface area contributed by atoms with Gasteiger partial charge in [-0.1, -0.05) is 0 Å². The van der Waals surface area contributed by atoms with Gasteiger partial charge in [0.2, 0.25) is 0 Å². The lowest BCUT2D eigenvalue weighted by Crippen LogP contribution is -2.32. The van der Waals surface area contributed by atoms with Crippen molar-refractivity contribution in [3.8, 4) is 0 Å². The molecule has 3 nitrogen and oxygen atoms in total. The van der Waals surface area contributed by atoms with Gasteiger partial charge in [0.05, 0.1) is 6.61 Å². The number of nitrogens with one attached hydrogen (secondary N) is 1. The number of rotatable bonds is 6. The second-order valence-electron chi connectivity index (χ2n) is 3.66. The van der Waals surface area contributed by atoms with E-state index in [1.165, 1.54) is 0 Å². The third kappa shape index (κ3) is 6.76. The van der Waals surface area contributed by atoms with Crippen LogP contribution >= 0.6 is 0 Å². The molecular weight excluding hydrogens is 204 g/mol. The summed E-state index contributed by atoms with van der Waals surface area (Å²) >= 11 is 0. The third-order valence-corrected chi connectivity index (χ3v) is 2.38. The zero-order valence-electron chi connectivity index (χ0n) is 8.88. The zero-order chi connectivity index (χ0) is 10.9. The highest BCUT2D eigenvalue weighted by Gasteiger charge is 2.11. The van der Waals surface area contributed by atoms with E-state index in [9.17, 15) is 8.78 Å². The molecule has 90 valence electrons. The normalized spacial score (nSPS) is 23.0. The number of hydrogen-bond donors (Lipinski definition) is 1. The molecule has 1 saturated heterocycles. The van der Waals surface area contributed by atoms with Crippen LogP contribution in [-0.4, -0.2) is 45.4 Å². The van der Waals surface area contributed by atoms with Gasteiger partial charge in [-0.3, -0.25) is 0 Å².